The summed E-state index contributed by atoms with van der Waals surface area (Å²) in [4.78, 5) is 37.9. The molecule has 2 amide bonds. The van der Waals surface area contributed by atoms with Crippen LogP contribution in [0.5, 0.6) is 0 Å². The Morgan fingerprint density at radius 3 is 2.53 bits per heavy atom. The Kier molecular flexibility index (Phi) is 4.92. The SMILES string of the molecule is O=C1CC(C(=O)N2CCCc3c(F)ccc(F)c32)CN1c1ccc(F)c([N+](=O)[O-])c1. The molecule has 30 heavy (non-hydrogen) atoms. The van der Waals surface area contributed by atoms with E-state index in [0.717, 1.165) is 24.3 Å². The van der Waals surface area contributed by atoms with E-state index in [9.17, 15) is 32.9 Å². The van der Waals surface area contributed by atoms with E-state index in [0.29, 0.717) is 12.8 Å². The van der Waals surface area contributed by atoms with Crippen molar-refractivity contribution in [2.24, 2.45) is 5.92 Å². The van der Waals surface area contributed by atoms with Gasteiger partial charge in [0.15, 0.2) is 0 Å². The monoisotopic (exact) mass is 419 g/mol. The second-order valence-electron chi connectivity index (χ2n) is 7.25. The number of fused-ring (bicyclic) bond motifs is 1. The van der Waals surface area contributed by atoms with Crippen molar-refractivity contribution in [1.29, 1.82) is 0 Å². The van der Waals surface area contributed by atoms with Crippen LogP contribution in [0.1, 0.15) is 18.4 Å². The summed E-state index contributed by atoms with van der Waals surface area (Å²) in [6, 6.07) is 5.02. The molecule has 0 aromatic heterocycles. The minimum atomic E-state index is -1.04. The van der Waals surface area contributed by atoms with Crippen LogP contribution in [0.4, 0.5) is 30.2 Å². The zero-order valence-electron chi connectivity index (χ0n) is 15.6. The van der Waals surface area contributed by atoms with Crippen molar-refractivity contribution in [1.82, 2.24) is 0 Å². The van der Waals surface area contributed by atoms with Gasteiger partial charge in [0.05, 0.1) is 22.2 Å². The van der Waals surface area contributed by atoms with Gasteiger partial charge in [0, 0.05) is 31.1 Å². The molecule has 1 atom stereocenters. The molecular weight excluding hydrogens is 403 g/mol. The van der Waals surface area contributed by atoms with Crippen LogP contribution in [-0.4, -0.2) is 29.8 Å². The molecule has 0 saturated carbocycles. The molecule has 1 fully saturated rings. The fraction of sp³-hybridized carbons (Fsp3) is 0.300. The maximum absolute atomic E-state index is 14.4. The predicted molar refractivity (Wildman–Crippen MR) is 101 cm³/mol. The number of halogens is 3. The van der Waals surface area contributed by atoms with Gasteiger partial charge < -0.3 is 9.80 Å². The molecule has 0 N–H and O–H groups in total. The van der Waals surface area contributed by atoms with Crippen LogP contribution in [0.3, 0.4) is 0 Å². The molecule has 2 heterocycles. The highest BCUT2D eigenvalue weighted by Crippen LogP contribution is 2.35. The van der Waals surface area contributed by atoms with Gasteiger partial charge in [-0.3, -0.25) is 19.7 Å². The fourth-order valence-electron chi connectivity index (χ4n) is 4.01. The molecule has 7 nitrogen and oxygen atoms in total. The number of carbonyl (C=O) groups is 2. The number of anilines is 2. The number of benzene rings is 2. The van der Waals surface area contributed by atoms with Gasteiger partial charge in [-0.25, -0.2) is 8.78 Å². The predicted octanol–water partition coefficient (Wildman–Crippen LogP) is 3.34. The summed E-state index contributed by atoms with van der Waals surface area (Å²) >= 11 is 0. The highest BCUT2D eigenvalue weighted by Gasteiger charge is 2.40. The third-order valence-electron chi connectivity index (χ3n) is 5.43. The van der Waals surface area contributed by atoms with Crippen LogP contribution in [0.2, 0.25) is 0 Å². The Labute approximate surface area is 168 Å². The number of nitro benzene ring substituents is 1. The highest BCUT2D eigenvalue weighted by atomic mass is 19.1. The standard InChI is InChI=1S/C20H16F3N3O4/c21-14-5-6-16(23)19-13(14)2-1-7-24(19)20(28)11-8-18(27)25(10-11)12-3-4-15(22)17(9-12)26(29)30/h3-6,9,11H,1-2,7-8,10H2. The van der Waals surface area contributed by atoms with Crippen molar-refractivity contribution in [3.05, 3.63) is 63.5 Å². The van der Waals surface area contributed by atoms with Crippen LogP contribution >= 0.6 is 0 Å². The van der Waals surface area contributed by atoms with E-state index >= 15 is 0 Å². The average molecular weight is 419 g/mol. The first-order valence-electron chi connectivity index (χ1n) is 9.30. The molecule has 0 radical (unpaired) electrons. The lowest BCUT2D eigenvalue weighted by Gasteiger charge is -2.31. The molecule has 2 aromatic rings. The summed E-state index contributed by atoms with van der Waals surface area (Å²) in [6.07, 6.45) is 0.568. The number of amides is 2. The second-order valence-corrected chi connectivity index (χ2v) is 7.25. The molecule has 156 valence electrons. The van der Waals surface area contributed by atoms with E-state index < -0.39 is 45.8 Å². The van der Waals surface area contributed by atoms with Gasteiger partial charge in [0.1, 0.15) is 11.6 Å². The molecule has 2 aliphatic rings. The number of carbonyl (C=O) groups excluding carboxylic acids is 2. The van der Waals surface area contributed by atoms with E-state index in [1.807, 2.05) is 0 Å². The quantitative estimate of drug-likeness (QED) is 0.564. The van der Waals surface area contributed by atoms with E-state index in [1.165, 1.54) is 15.9 Å². The van der Waals surface area contributed by atoms with Crippen molar-refractivity contribution in [3.63, 3.8) is 0 Å². The summed E-state index contributed by atoms with van der Waals surface area (Å²) in [5, 5.41) is 11.0. The number of nitro groups is 1. The molecule has 1 saturated heterocycles. The lowest BCUT2D eigenvalue weighted by Crippen LogP contribution is -2.41. The zero-order valence-corrected chi connectivity index (χ0v) is 15.6. The molecule has 2 aromatic carbocycles. The van der Waals surface area contributed by atoms with Gasteiger partial charge in [0.25, 0.3) is 0 Å². The summed E-state index contributed by atoms with van der Waals surface area (Å²) in [5.41, 5.74) is -0.656. The zero-order chi connectivity index (χ0) is 21.6. The molecule has 2 aliphatic heterocycles. The van der Waals surface area contributed by atoms with Crippen molar-refractivity contribution >= 4 is 28.9 Å². The third kappa shape index (κ3) is 3.27. The van der Waals surface area contributed by atoms with Crippen LogP contribution < -0.4 is 9.80 Å². The molecule has 0 spiro atoms. The first kappa shape index (κ1) is 19.9. The first-order valence-corrected chi connectivity index (χ1v) is 9.30. The smallest absolute Gasteiger partial charge is 0.306 e. The third-order valence-corrected chi connectivity index (χ3v) is 5.43. The fourth-order valence-corrected chi connectivity index (χ4v) is 4.01. The normalized spacial score (nSPS) is 18.5. The number of hydrogen-bond donors (Lipinski definition) is 0. The van der Waals surface area contributed by atoms with Crippen molar-refractivity contribution < 1.29 is 27.7 Å². The summed E-state index contributed by atoms with van der Waals surface area (Å²) in [5.74, 6) is -4.17. The van der Waals surface area contributed by atoms with Crippen LogP contribution in [0.15, 0.2) is 30.3 Å². The van der Waals surface area contributed by atoms with Gasteiger partial charge in [-0.05, 0) is 37.1 Å². The van der Waals surface area contributed by atoms with E-state index in [-0.39, 0.29) is 36.4 Å². The molecule has 0 aliphatic carbocycles. The molecular formula is C20H16F3N3O4. The Balaban J connectivity index is 1.60. The van der Waals surface area contributed by atoms with E-state index in [1.54, 1.807) is 0 Å². The lowest BCUT2D eigenvalue weighted by molar-refractivity contribution is -0.387. The second kappa shape index (κ2) is 7.43. The van der Waals surface area contributed by atoms with Crippen molar-refractivity contribution in [3.8, 4) is 0 Å². The molecule has 1 unspecified atom stereocenters. The van der Waals surface area contributed by atoms with Gasteiger partial charge in [0.2, 0.25) is 17.6 Å². The maximum atomic E-state index is 14.4. The maximum Gasteiger partial charge on any atom is 0.306 e. The largest absolute Gasteiger partial charge is 0.311 e. The van der Waals surface area contributed by atoms with Crippen LogP contribution in [-0.2, 0) is 16.0 Å². The van der Waals surface area contributed by atoms with Gasteiger partial charge in [-0.15, -0.1) is 0 Å². The Hall–Kier alpha value is -3.43. The van der Waals surface area contributed by atoms with Crippen LogP contribution in [0, 0.1) is 33.5 Å². The van der Waals surface area contributed by atoms with Crippen LogP contribution in [0.25, 0.3) is 0 Å². The average Bonchev–Trinajstić information content (AvgIpc) is 3.11. The Morgan fingerprint density at radius 1 is 1.10 bits per heavy atom. The summed E-state index contributed by atoms with van der Waals surface area (Å²) in [7, 11) is 0. The minimum Gasteiger partial charge on any atom is -0.311 e. The molecule has 4 rings (SSSR count). The van der Waals surface area contributed by atoms with Crippen molar-refractivity contribution in [2.75, 3.05) is 22.9 Å². The number of nitrogens with zero attached hydrogens (tertiary/aromatic N) is 3. The topological polar surface area (TPSA) is 83.8 Å². The molecule has 10 heteroatoms. The lowest BCUT2D eigenvalue weighted by atomic mass is 9.98. The van der Waals surface area contributed by atoms with Crippen molar-refractivity contribution in [2.45, 2.75) is 19.3 Å². The number of rotatable bonds is 3. The van der Waals surface area contributed by atoms with E-state index in [4.69, 9.17) is 0 Å². The number of hydrogen-bond acceptors (Lipinski definition) is 4. The van der Waals surface area contributed by atoms with Gasteiger partial charge >= 0.3 is 5.69 Å². The minimum absolute atomic E-state index is 0.0940. The first-order chi connectivity index (χ1) is 14.3. The Bertz CT molecular complexity index is 1080. The van der Waals surface area contributed by atoms with Gasteiger partial charge in [-0.1, -0.05) is 0 Å². The summed E-state index contributed by atoms with van der Waals surface area (Å²) in [6.45, 7) is 0.0993. The van der Waals surface area contributed by atoms with E-state index in [2.05, 4.69) is 0 Å². The summed E-state index contributed by atoms with van der Waals surface area (Å²) < 4.78 is 42.1. The molecule has 0 bridgehead atoms. The Morgan fingerprint density at radius 2 is 1.80 bits per heavy atom. The van der Waals surface area contributed by atoms with Gasteiger partial charge in [-0.2, -0.15) is 4.39 Å². The highest BCUT2D eigenvalue weighted by molar-refractivity contribution is 6.05.